The van der Waals surface area contributed by atoms with Crippen molar-refractivity contribution in [1.82, 2.24) is 0 Å². The number of allylic oxidation sites excluding steroid dienone is 4. The predicted molar refractivity (Wildman–Crippen MR) is 70.2 cm³/mol. The summed E-state index contributed by atoms with van der Waals surface area (Å²) in [5.41, 5.74) is 2.58. The van der Waals surface area contributed by atoms with Crippen molar-refractivity contribution in [3.63, 3.8) is 0 Å². The van der Waals surface area contributed by atoms with Crippen molar-refractivity contribution in [1.29, 1.82) is 10.5 Å². The van der Waals surface area contributed by atoms with Crippen LogP contribution in [0.2, 0.25) is 4.34 Å². The molecule has 0 saturated carbocycles. The summed E-state index contributed by atoms with van der Waals surface area (Å²) in [7, 11) is 0. The minimum atomic E-state index is -0.200. The zero-order valence-corrected chi connectivity index (χ0v) is 11.2. The van der Waals surface area contributed by atoms with Gasteiger partial charge < -0.3 is 0 Å². The molecular formula is C13H7ClN2OS. The van der Waals surface area contributed by atoms with Crippen LogP contribution in [0, 0.1) is 22.7 Å². The van der Waals surface area contributed by atoms with Crippen LogP contribution in [-0.2, 0) is 0 Å². The average Bonchev–Trinajstić information content (AvgIpc) is 2.82. The highest BCUT2D eigenvalue weighted by Crippen LogP contribution is 2.45. The van der Waals surface area contributed by atoms with Crippen molar-refractivity contribution in [3.05, 3.63) is 37.6 Å². The maximum absolute atomic E-state index is 12.3. The van der Waals surface area contributed by atoms with E-state index in [0.29, 0.717) is 26.6 Å². The van der Waals surface area contributed by atoms with E-state index < -0.39 is 0 Å². The monoisotopic (exact) mass is 274 g/mol. The Morgan fingerprint density at radius 2 is 1.89 bits per heavy atom. The van der Waals surface area contributed by atoms with Gasteiger partial charge in [-0.2, -0.15) is 10.5 Å². The molecule has 1 heterocycles. The van der Waals surface area contributed by atoms with Crippen LogP contribution < -0.4 is 0 Å². The van der Waals surface area contributed by atoms with Crippen molar-refractivity contribution in [2.45, 2.75) is 13.8 Å². The molecule has 0 fully saturated rings. The van der Waals surface area contributed by atoms with E-state index in [1.54, 1.807) is 19.2 Å². The highest BCUT2D eigenvalue weighted by molar-refractivity contribution is 7.15. The molecule has 0 radical (unpaired) electrons. The Labute approximate surface area is 113 Å². The maximum atomic E-state index is 12.3. The van der Waals surface area contributed by atoms with Gasteiger partial charge in [0.25, 0.3) is 0 Å². The summed E-state index contributed by atoms with van der Waals surface area (Å²) in [6.07, 6.45) is 0. The molecule has 18 heavy (non-hydrogen) atoms. The van der Waals surface area contributed by atoms with Gasteiger partial charge >= 0.3 is 0 Å². The third-order valence-corrected chi connectivity index (χ3v) is 3.91. The minimum Gasteiger partial charge on any atom is -0.288 e. The number of nitriles is 2. The van der Waals surface area contributed by atoms with Gasteiger partial charge in [0.05, 0.1) is 5.56 Å². The molecule has 0 spiro atoms. The summed E-state index contributed by atoms with van der Waals surface area (Å²) >= 11 is 7.23. The number of hydrogen-bond acceptors (Lipinski definition) is 4. The number of hydrogen-bond donors (Lipinski definition) is 0. The van der Waals surface area contributed by atoms with E-state index in [9.17, 15) is 4.79 Å². The zero-order chi connectivity index (χ0) is 13.4. The number of carbonyl (C=O) groups excluding carboxylic acids is 1. The van der Waals surface area contributed by atoms with Gasteiger partial charge in [-0.25, -0.2) is 0 Å². The molecule has 2 rings (SSSR count). The Balaban J connectivity index is 2.92. The summed E-state index contributed by atoms with van der Waals surface area (Å²) in [5, 5.41) is 19.7. The van der Waals surface area contributed by atoms with E-state index in [1.807, 2.05) is 12.1 Å². The van der Waals surface area contributed by atoms with E-state index in [4.69, 9.17) is 22.1 Å². The largest absolute Gasteiger partial charge is 0.288 e. The number of ketones is 1. The van der Waals surface area contributed by atoms with Gasteiger partial charge in [-0.05, 0) is 13.8 Å². The molecule has 0 amide bonds. The van der Waals surface area contributed by atoms with Gasteiger partial charge in [-0.3, -0.25) is 4.79 Å². The van der Waals surface area contributed by atoms with Gasteiger partial charge in [0.2, 0.25) is 0 Å². The maximum Gasteiger partial charge on any atom is 0.196 e. The second kappa shape index (κ2) is 4.42. The lowest BCUT2D eigenvalue weighted by atomic mass is 9.98. The van der Waals surface area contributed by atoms with Gasteiger partial charge in [-0.15, -0.1) is 11.3 Å². The fraction of sp³-hybridized carbons (Fsp3) is 0.154. The molecule has 1 aromatic rings. The molecule has 3 nitrogen and oxygen atoms in total. The Bertz CT molecular complexity index is 690. The quantitative estimate of drug-likeness (QED) is 0.535. The number of thiophene rings is 1. The molecule has 1 aliphatic carbocycles. The van der Waals surface area contributed by atoms with E-state index in [1.165, 1.54) is 11.3 Å². The van der Waals surface area contributed by atoms with Crippen LogP contribution in [0.3, 0.4) is 0 Å². The van der Waals surface area contributed by atoms with Crippen molar-refractivity contribution in [2.75, 3.05) is 0 Å². The molecule has 0 aliphatic heterocycles. The van der Waals surface area contributed by atoms with E-state index in [2.05, 4.69) is 0 Å². The Kier molecular flexibility index (Phi) is 3.09. The number of carbonyl (C=O) groups is 1. The molecule has 0 N–H and O–H groups in total. The summed E-state index contributed by atoms with van der Waals surface area (Å²) in [6, 6.07) is 3.69. The van der Waals surface area contributed by atoms with Gasteiger partial charge in [0.1, 0.15) is 22.0 Å². The molecule has 0 atom stereocenters. The van der Waals surface area contributed by atoms with Crippen molar-refractivity contribution >= 4 is 34.3 Å². The average molecular weight is 275 g/mol. The van der Waals surface area contributed by atoms with Crippen LogP contribution in [0.15, 0.2) is 22.1 Å². The van der Waals surface area contributed by atoms with E-state index in [0.717, 1.165) is 5.57 Å². The first-order chi connectivity index (χ1) is 8.52. The molecule has 88 valence electrons. The molecule has 0 saturated heterocycles. The van der Waals surface area contributed by atoms with Crippen LogP contribution in [0.25, 0.3) is 5.57 Å². The fourth-order valence-corrected chi connectivity index (χ4v) is 3.08. The second-order valence-corrected chi connectivity index (χ2v) is 5.46. The lowest BCUT2D eigenvalue weighted by Gasteiger charge is -2.03. The summed E-state index contributed by atoms with van der Waals surface area (Å²) in [6.45, 7) is 3.56. The first-order valence-corrected chi connectivity index (χ1v) is 6.33. The third kappa shape index (κ3) is 1.59. The van der Waals surface area contributed by atoms with Crippen molar-refractivity contribution < 1.29 is 4.79 Å². The molecule has 5 heteroatoms. The molecule has 1 aliphatic rings. The molecule has 1 aromatic heterocycles. The summed E-state index contributed by atoms with van der Waals surface area (Å²) < 4.78 is 0.402. The first-order valence-electron chi connectivity index (χ1n) is 5.07. The number of fused-ring (bicyclic) bond motifs is 1. The SMILES string of the molecule is CC(C)=C1C(=O)c2c(csc2Cl)C1=C(C#N)C#N. The highest BCUT2D eigenvalue weighted by atomic mass is 35.5. The zero-order valence-electron chi connectivity index (χ0n) is 9.67. The topological polar surface area (TPSA) is 64.7 Å². The number of halogens is 1. The molecular weight excluding hydrogens is 268 g/mol. The van der Waals surface area contributed by atoms with E-state index >= 15 is 0 Å². The Hall–Kier alpha value is -1.88. The predicted octanol–water partition coefficient (Wildman–Crippen LogP) is 3.73. The summed E-state index contributed by atoms with van der Waals surface area (Å²) in [4.78, 5) is 12.3. The minimum absolute atomic E-state index is 0.0484. The Morgan fingerprint density at radius 3 is 2.39 bits per heavy atom. The molecule has 0 aromatic carbocycles. The lowest BCUT2D eigenvalue weighted by Crippen LogP contribution is -1.98. The standard InChI is InChI=1S/C13H7ClN2OS/c1-6(2)9-10(7(3-15)4-16)8-5-18-13(14)11(8)12(9)17/h5H,1-2H3. The second-order valence-electron chi connectivity index (χ2n) is 3.98. The first kappa shape index (κ1) is 12.6. The normalized spacial score (nSPS) is 13.1. The van der Waals surface area contributed by atoms with Gasteiger partial charge in [0.15, 0.2) is 5.78 Å². The number of rotatable bonds is 0. The lowest BCUT2D eigenvalue weighted by molar-refractivity contribution is 0.104. The van der Waals surface area contributed by atoms with Crippen LogP contribution in [-0.4, -0.2) is 5.78 Å². The van der Waals surface area contributed by atoms with E-state index in [-0.39, 0.29) is 11.4 Å². The third-order valence-electron chi connectivity index (χ3n) is 2.69. The van der Waals surface area contributed by atoms with Crippen LogP contribution in [0.5, 0.6) is 0 Å². The molecule has 0 unspecified atom stereocenters. The van der Waals surface area contributed by atoms with Gasteiger partial charge in [0, 0.05) is 22.1 Å². The Morgan fingerprint density at radius 1 is 1.28 bits per heavy atom. The van der Waals surface area contributed by atoms with Crippen LogP contribution in [0.1, 0.15) is 29.8 Å². The van der Waals surface area contributed by atoms with Crippen LogP contribution >= 0.6 is 22.9 Å². The van der Waals surface area contributed by atoms with Crippen molar-refractivity contribution in [3.8, 4) is 12.1 Å². The van der Waals surface area contributed by atoms with Crippen molar-refractivity contribution in [2.24, 2.45) is 0 Å². The number of nitrogens with zero attached hydrogens (tertiary/aromatic N) is 2. The summed E-state index contributed by atoms with van der Waals surface area (Å²) in [5.74, 6) is -0.200. The smallest absolute Gasteiger partial charge is 0.196 e. The fourth-order valence-electron chi connectivity index (χ4n) is 1.98. The van der Waals surface area contributed by atoms with Crippen LogP contribution in [0.4, 0.5) is 0 Å². The number of Topliss-reactive ketones (excluding diaryl/α,β-unsaturated/α-hetero) is 1. The molecule has 0 bridgehead atoms. The highest BCUT2D eigenvalue weighted by Gasteiger charge is 2.36. The van der Waals surface area contributed by atoms with Gasteiger partial charge in [-0.1, -0.05) is 17.2 Å².